The number of aliphatic hydroxyl groups excluding tert-OH is 1. The summed E-state index contributed by atoms with van der Waals surface area (Å²) in [6.45, 7) is 11.9. The molecule has 0 unspecified atom stereocenters. The minimum absolute atomic E-state index is 0.0159. The number of Topliss-reactive ketones (excluding diaryl/α,β-unsaturated/α-hetero) is 1. The van der Waals surface area contributed by atoms with Gasteiger partial charge in [0.1, 0.15) is 29.2 Å². The molecule has 0 aromatic rings. The minimum atomic E-state index is -1.77. The van der Waals surface area contributed by atoms with E-state index in [9.17, 15) is 29.7 Å². The van der Waals surface area contributed by atoms with Gasteiger partial charge in [0.05, 0.1) is 6.10 Å². The van der Waals surface area contributed by atoms with Crippen LogP contribution in [0.25, 0.3) is 0 Å². The minimum Gasteiger partial charge on any atom is -0.455 e. The van der Waals surface area contributed by atoms with Crippen LogP contribution in [0.2, 0.25) is 0 Å². The smallest absolute Gasteiger partial charge is 0.333 e. The maximum Gasteiger partial charge on any atom is 0.333 e. The van der Waals surface area contributed by atoms with Gasteiger partial charge >= 0.3 is 11.9 Å². The molecule has 4 fully saturated rings. The Hall–Kier alpha value is -2.03. The molecule has 4 rings (SSSR count). The fraction of sp³-hybridized carbons (Fsp3) is 0.774. The first kappa shape index (κ1) is 29.9. The number of carbonyl (C=O) groups excluding carboxylic acids is 3. The number of hydrogen-bond donors (Lipinski definition) is 3. The molecule has 3 N–H and O–H groups in total. The lowest BCUT2D eigenvalue weighted by Gasteiger charge is -2.69. The zero-order chi connectivity index (χ0) is 29.1. The molecule has 4 aliphatic carbocycles. The quantitative estimate of drug-likeness (QED) is 0.351. The molecule has 0 spiro atoms. The van der Waals surface area contributed by atoms with Gasteiger partial charge in [-0.1, -0.05) is 26.0 Å². The third-order valence-corrected chi connectivity index (χ3v) is 11.4. The van der Waals surface area contributed by atoms with Crippen LogP contribution in [0.3, 0.4) is 0 Å². The highest BCUT2D eigenvalue weighted by molar-refractivity contribution is 5.89. The molecule has 8 heteroatoms. The molecule has 39 heavy (non-hydrogen) atoms. The summed E-state index contributed by atoms with van der Waals surface area (Å²) in [4.78, 5) is 39.7. The topological polar surface area (TPSA) is 130 Å². The van der Waals surface area contributed by atoms with Gasteiger partial charge < -0.3 is 24.8 Å². The van der Waals surface area contributed by atoms with E-state index in [2.05, 4.69) is 0 Å². The van der Waals surface area contributed by atoms with Crippen LogP contribution in [0.15, 0.2) is 23.3 Å². The van der Waals surface area contributed by atoms with Gasteiger partial charge in [-0.3, -0.25) is 4.79 Å². The van der Waals surface area contributed by atoms with E-state index in [0.717, 1.165) is 0 Å². The van der Waals surface area contributed by atoms with Crippen LogP contribution in [0.1, 0.15) is 93.4 Å². The van der Waals surface area contributed by atoms with Crippen LogP contribution in [0, 0.1) is 28.6 Å². The summed E-state index contributed by atoms with van der Waals surface area (Å²) in [6.07, 6.45) is 3.42. The van der Waals surface area contributed by atoms with Crippen molar-refractivity contribution in [1.29, 1.82) is 0 Å². The molecule has 0 aliphatic heterocycles. The normalized spacial score (nSPS) is 46.0. The van der Waals surface area contributed by atoms with E-state index in [1.54, 1.807) is 46.8 Å². The maximum absolute atomic E-state index is 13.4. The lowest BCUT2D eigenvalue weighted by Crippen LogP contribution is -2.81. The number of hydrogen-bond acceptors (Lipinski definition) is 8. The fourth-order valence-electron chi connectivity index (χ4n) is 8.91. The van der Waals surface area contributed by atoms with Crippen molar-refractivity contribution >= 4 is 17.7 Å². The van der Waals surface area contributed by atoms with Crippen LogP contribution < -0.4 is 0 Å². The lowest BCUT2D eigenvalue weighted by atomic mass is 9.39. The Kier molecular flexibility index (Phi) is 7.76. The number of rotatable bonds is 5. The van der Waals surface area contributed by atoms with Gasteiger partial charge in [0.15, 0.2) is 0 Å². The van der Waals surface area contributed by atoms with Gasteiger partial charge in [-0.2, -0.15) is 0 Å². The van der Waals surface area contributed by atoms with E-state index < -0.39 is 64.1 Å². The van der Waals surface area contributed by atoms with Crippen molar-refractivity contribution in [3.05, 3.63) is 23.3 Å². The van der Waals surface area contributed by atoms with Gasteiger partial charge in [-0.25, -0.2) is 9.59 Å². The van der Waals surface area contributed by atoms with Crippen LogP contribution >= 0.6 is 0 Å². The first-order chi connectivity index (χ1) is 18.1. The summed E-state index contributed by atoms with van der Waals surface area (Å²) >= 11 is 0. The van der Waals surface area contributed by atoms with Crippen LogP contribution in [-0.4, -0.2) is 62.6 Å². The van der Waals surface area contributed by atoms with Gasteiger partial charge in [-0.05, 0) is 90.9 Å². The van der Waals surface area contributed by atoms with Gasteiger partial charge in [-0.15, -0.1) is 0 Å². The molecule has 0 radical (unpaired) electrons. The Morgan fingerprint density at radius 1 is 0.846 bits per heavy atom. The molecule has 0 aromatic carbocycles. The number of fused-ring (bicyclic) bond motifs is 5. The summed E-state index contributed by atoms with van der Waals surface area (Å²) in [6, 6.07) is 0. The number of esters is 2. The zero-order valence-corrected chi connectivity index (χ0v) is 24.5. The number of ketones is 1. The number of allylic oxidation sites excluding steroid dienone is 2. The molecule has 10 atom stereocenters. The van der Waals surface area contributed by atoms with Crippen LogP contribution in [0.4, 0.5) is 0 Å². The molecule has 0 bridgehead atoms. The Morgan fingerprint density at radius 2 is 1.44 bits per heavy atom. The van der Waals surface area contributed by atoms with Gasteiger partial charge in [0, 0.05) is 28.4 Å². The second-order valence-electron chi connectivity index (χ2n) is 13.1. The predicted molar refractivity (Wildman–Crippen MR) is 144 cm³/mol. The molecule has 0 heterocycles. The average molecular weight is 547 g/mol. The maximum atomic E-state index is 13.4. The van der Waals surface area contributed by atoms with E-state index in [1.165, 1.54) is 6.92 Å². The summed E-state index contributed by atoms with van der Waals surface area (Å²) in [5, 5.41) is 36.0. The number of ether oxygens (including phenoxy) is 2. The third-order valence-electron chi connectivity index (χ3n) is 11.4. The molecule has 4 saturated carbocycles. The van der Waals surface area contributed by atoms with Crippen molar-refractivity contribution in [1.82, 2.24) is 0 Å². The van der Waals surface area contributed by atoms with Crippen molar-refractivity contribution in [3.8, 4) is 0 Å². The highest BCUT2D eigenvalue weighted by atomic mass is 16.6. The summed E-state index contributed by atoms with van der Waals surface area (Å²) in [5.74, 6) is -2.86. The highest BCUT2D eigenvalue weighted by Gasteiger charge is 2.81. The van der Waals surface area contributed by atoms with Crippen molar-refractivity contribution in [2.75, 3.05) is 0 Å². The van der Waals surface area contributed by atoms with Crippen molar-refractivity contribution in [2.45, 2.75) is 123 Å². The van der Waals surface area contributed by atoms with E-state index in [1.807, 2.05) is 6.92 Å². The van der Waals surface area contributed by atoms with Gasteiger partial charge in [0.2, 0.25) is 0 Å². The van der Waals surface area contributed by atoms with E-state index in [-0.39, 0.29) is 24.5 Å². The largest absolute Gasteiger partial charge is 0.455 e. The molecule has 8 nitrogen and oxygen atoms in total. The SMILES string of the molecule is C/C=C(\C)C(=O)O[C@@H]1[C@@H](OC(=O)/C(C)=C/C)[C@]2(C)[C@@H](C(C)=O)CC[C@]2(O)[C@]2(O)CC[C@H]3C[C@@H](O)CC[C@]3(C)[C@@H]12. The Balaban J connectivity index is 1.99. The van der Waals surface area contributed by atoms with E-state index in [0.29, 0.717) is 43.3 Å². The molecule has 0 saturated heterocycles. The van der Waals surface area contributed by atoms with E-state index >= 15 is 0 Å². The van der Waals surface area contributed by atoms with E-state index in [4.69, 9.17) is 9.47 Å². The van der Waals surface area contributed by atoms with Gasteiger partial charge in [0.25, 0.3) is 0 Å². The third kappa shape index (κ3) is 4.15. The second-order valence-corrected chi connectivity index (χ2v) is 13.1. The molecular weight excluding hydrogens is 500 g/mol. The van der Waals surface area contributed by atoms with Crippen LogP contribution in [-0.2, 0) is 23.9 Å². The molecule has 4 aliphatic rings. The fourth-order valence-corrected chi connectivity index (χ4v) is 8.91. The molecule has 0 amide bonds. The Morgan fingerprint density at radius 3 is 2.00 bits per heavy atom. The van der Waals surface area contributed by atoms with Crippen LogP contribution in [0.5, 0.6) is 0 Å². The number of carbonyl (C=O) groups is 3. The molecule has 218 valence electrons. The standard InChI is InChI=1S/C31H46O8/c1-8-17(3)26(34)38-23-24-28(6)13-11-21(33)16-20(28)10-14-30(24,36)31(37)15-12-22(19(5)32)29(31,7)25(23)39-27(35)18(4)9-2/h8-9,20-25,33,36-37H,10-16H2,1-7H3/b17-8+,18-9+/t20-,21-,22+,23-,24+,25+,28-,29-,30-,31+/m0/s1. The Labute approximate surface area is 231 Å². The number of aliphatic hydroxyl groups is 3. The first-order valence-electron chi connectivity index (χ1n) is 14.4. The summed E-state index contributed by atoms with van der Waals surface area (Å²) in [5.41, 5.74) is -4.77. The Bertz CT molecular complexity index is 1090. The van der Waals surface area contributed by atoms with Crippen molar-refractivity contribution in [2.24, 2.45) is 28.6 Å². The zero-order valence-electron chi connectivity index (χ0n) is 24.5. The predicted octanol–water partition coefficient (Wildman–Crippen LogP) is 3.80. The monoisotopic (exact) mass is 546 g/mol. The van der Waals surface area contributed by atoms with Crippen molar-refractivity contribution < 1.29 is 39.2 Å². The molecular formula is C31H46O8. The van der Waals surface area contributed by atoms with Crippen molar-refractivity contribution in [3.63, 3.8) is 0 Å². The summed E-state index contributed by atoms with van der Waals surface area (Å²) in [7, 11) is 0. The molecule has 0 aromatic heterocycles. The lowest BCUT2D eigenvalue weighted by molar-refractivity contribution is -0.348. The highest BCUT2D eigenvalue weighted by Crippen LogP contribution is 2.71. The second kappa shape index (κ2) is 10.1. The average Bonchev–Trinajstić information content (AvgIpc) is 3.18. The first-order valence-corrected chi connectivity index (χ1v) is 14.4. The summed E-state index contributed by atoms with van der Waals surface area (Å²) < 4.78 is 12.4.